The van der Waals surface area contributed by atoms with Gasteiger partial charge in [0.15, 0.2) is 0 Å². The number of amides is 1. The minimum atomic E-state index is -4.32. The van der Waals surface area contributed by atoms with E-state index in [0.717, 1.165) is 62.4 Å². The summed E-state index contributed by atoms with van der Waals surface area (Å²) in [4.78, 5) is 16.9. The molecular formula is C26H30F3N3O2S. The third-order valence-corrected chi connectivity index (χ3v) is 7.14. The summed E-state index contributed by atoms with van der Waals surface area (Å²) in [5, 5.41) is 5.82. The Morgan fingerprint density at radius 3 is 2.63 bits per heavy atom. The molecule has 1 amide bonds. The zero-order chi connectivity index (χ0) is 24.8. The molecule has 0 spiro atoms. The summed E-state index contributed by atoms with van der Waals surface area (Å²) in [6, 6.07) is 11.2. The molecule has 1 aromatic heterocycles. The number of carbonyl (C=O) groups excluding carboxylic acids is 1. The molecule has 0 saturated carbocycles. The Hall–Kier alpha value is -2.78. The van der Waals surface area contributed by atoms with E-state index in [9.17, 15) is 18.0 Å². The van der Waals surface area contributed by atoms with Crippen molar-refractivity contribution in [1.29, 1.82) is 0 Å². The Bertz CT molecular complexity index is 1120. The van der Waals surface area contributed by atoms with Gasteiger partial charge < -0.3 is 15.0 Å². The highest BCUT2D eigenvalue weighted by molar-refractivity contribution is 7.17. The highest BCUT2D eigenvalue weighted by Gasteiger charge is 2.31. The van der Waals surface area contributed by atoms with Crippen molar-refractivity contribution in [2.75, 3.05) is 50.8 Å². The number of carbonyl (C=O) groups is 1. The maximum absolute atomic E-state index is 13.0. The van der Waals surface area contributed by atoms with E-state index >= 15 is 0 Å². The molecular weight excluding hydrogens is 477 g/mol. The Morgan fingerprint density at radius 1 is 1.14 bits per heavy atom. The van der Waals surface area contributed by atoms with E-state index in [1.807, 2.05) is 12.3 Å². The fourth-order valence-electron chi connectivity index (χ4n) is 4.28. The molecule has 35 heavy (non-hydrogen) atoms. The van der Waals surface area contributed by atoms with E-state index in [-0.39, 0.29) is 5.91 Å². The molecule has 1 aliphatic rings. The quantitative estimate of drug-likeness (QED) is 0.380. The minimum absolute atomic E-state index is 0.0768. The lowest BCUT2D eigenvalue weighted by molar-refractivity contribution is -0.137. The number of rotatable bonds is 9. The van der Waals surface area contributed by atoms with Gasteiger partial charge in [-0.05, 0) is 62.7 Å². The molecule has 0 unspecified atom stereocenters. The van der Waals surface area contributed by atoms with Crippen molar-refractivity contribution >= 4 is 33.0 Å². The smallest absolute Gasteiger partial charge is 0.416 e. The lowest BCUT2D eigenvalue weighted by atomic mass is 10.1. The molecule has 0 aliphatic carbocycles. The predicted molar refractivity (Wildman–Crippen MR) is 135 cm³/mol. The van der Waals surface area contributed by atoms with Crippen molar-refractivity contribution in [2.24, 2.45) is 0 Å². The summed E-state index contributed by atoms with van der Waals surface area (Å²) in [5.74, 6) is 0.680. The van der Waals surface area contributed by atoms with Crippen molar-refractivity contribution in [2.45, 2.75) is 25.9 Å². The second kappa shape index (κ2) is 11.3. The highest BCUT2D eigenvalue weighted by Crippen LogP contribution is 2.38. The van der Waals surface area contributed by atoms with Crippen molar-refractivity contribution in [1.82, 2.24) is 10.2 Å². The Kier molecular flexibility index (Phi) is 8.18. The lowest BCUT2D eigenvalue weighted by Gasteiger charge is -2.36. The van der Waals surface area contributed by atoms with Crippen LogP contribution in [0.1, 0.15) is 35.7 Å². The molecule has 9 heteroatoms. The number of piperazine rings is 1. The van der Waals surface area contributed by atoms with Gasteiger partial charge in [0.2, 0.25) is 0 Å². The van der Waals surface area contributed by atoms with Crippen LogP contribution in [0.25, 0.3) is 10.1 Å². The van der Waals surface area contributed by atoms with Crippen LogP contribution in [0.4, 0.5) is 18.9 Å². The first kappa shape index (κ1) is 25.3. The van der Waals surface area contributed by atoms with Gasteiger partial charge in [0.25, 0.3) is 5.91 Å². The van der Waals surface area contributed by atoms with Crippen molar-refractivity contribution in [3.63, 3.8) is 0 Å². The maximum Gasteiger partial charge on any atom is 0.416 e. The molecule has 1 N–H and O–H groups in total. The monoisotopic (exact) mass is 507 g/mol. The number of benzene rings is 2. The van der Waals surface area contributed by atoms with Crippen LogP contribution < -0.4 is 15.0 Å². The van der Waals surface area contributed by atoms with Crippen molar-refractivity contribution in [3.05, 3.63) is 59.0 Å². The summed E-state index contributed by atoms with van der Waals surface area (Å²) < 4.78 is 45.0. The van der Waals surface area contributed by atoms with Gasteiger partial charge in [0.1, 0.15) is 5.75 Å². The minimum Gasteiger partial charge on any atom is -0.494 e. The summed E-state index contributed by atoms with van der Waals surface area (Å²) in [6.07, 6.45) is -2.42. The van der Waals surface area contributed by atoms with Crippen LogP contribution in [0, 0.1) is 0 Å². The number of unbranched alkanes of at least 4 members (excludes halogenated alkanes) is 1. The number of nitrogens with one attached hydrogen (secondary N) is 1. The first-order valence-electron chi connectivity index (χ1n) is 11.9. The van der Waals surface area contributed by atoms with E-state index < -0.39 is 11.7 Å². The normalized spacial score (nSPS) is 14.9. The van der Waals surface area contributed by atoms with Crippen LogP contribution in [0.2, 0.25) is 0 Å². The molecule has 0 radical (unpaired) electrons. The lowest BCUT2D eigenvalue weighted by Crippen LogP contribution is -2.46. The molecule has 3 aromatic rings. The third-order valence-electron chi connectivity index (χ3n) is 6.21. The number of alkyl halides is 3. The van der Waals surface area contributed by atoms with Crippen LogP contribution in [0.5, 0.6) is 5.75 Å². The van der Waals surface area contributed by atoms with Gasteiger partial charge in [-0.3, -0.25) is 9.69 Å². The van der Waals surface area contributed by atoms with Crippen LogP contribution in [0.3, 0.4) is 0 Å². The summed E-state index contributed by atoms with van der Waals surface area (Å²) in [5.41, 5.74) is 1.05. The SMILES string of the molecule is CCOc1ccc(C(=O)NCCCCN2CCN(c3csc4cc(C(F)(F)F)ccc34)[14CH2]C2)cc1. The van der Waals surface area contributed by atoms with Gasteiger partial charge in [-0.15, -0.1) is 11.3 Å². The average Bonchev–Trinajstić information content (AvgIpc) is 3.28. The third kappa shape index (κ3) is 6.46. The predicted octanol–water partition coefficient (Wildman–Crippen LogP) is 5.65. The number of nitrogens with zero attached hydrogens (tertiary/aromatic N) is 2. The first-order chi connectivity index (χ1) is 16.8. The van der Waals surface area contributed by atoms with E-state index in [2.05, 4.69) is 15.1 Å². The van der Waals surface area contributed by atoms with E-state index in [1.165, 1.54) is 23.5 Å². The Morgan fingerprint density at radius 2 is 1.94 bits per heavy atom. The number of anilines is 1. The van der Waals surface area contributed by atoms with Gasteiger partial charge in [-0.1, -0.05) is 6.07 Å². The molecule has 2 aromatic carbocycles. The van der Waals surface area contributed by atoms with Gasteiger partial charge in [0, 0.05) is 53.8 Å². The fraction of sp³-hybridized carbons (Fsp3) is 0.423. The number of ether oxygens (including phenoxy) is 1. The standard InChI is InChI=1S/C26H30F3N3O2S/c1-2-34-21-8-5-19(6-9-21)25(33)30-11-3-4-12-31-13-15-32(16-14-31)23-18-35-24-17-20(26(27,28)29)7-10-22(23)24/h5-10,17-18H,2-4,11-16H2,1H3,(H,30,33)/i15+2. The van der Waals surface area contributed by atoms with Crippen molar-refractivity contribution in [3.8, 4) is 5.75 Å². The van der Waals surface area contributed by atoms with E-state index in [4.69, 9.17) is 4.74 Å². The van der Waals surface area contributed by atoms with Crippen LogP contribution in [-0.2, 0) is 6.18 Å². The summed E-state index contributed by atoms with van der Waals surface area (Å²) in [7, 11) is 0. The van der Waals surface area contributed by atoms with Crippen molar-refractivity contribution < 1.29 is 22.7 Å². The molecule has 2 heterocycles. The van der Waals surface area contributed by atoms with Gasteiger partial charge in [-0.25, -0.2) is 0 Å². The number of thiophene rings is 1. The number of fused-ring (bicyclic) bond motifs is 1. The number of hydrogen-bond acceptors (Lipinski definition) is 5. The first-order valence-corrected chi connectivity index (χ1v) is 12.8. The average molecular weight is 508 g/mol. The molecule has 4 rings (SSSR count). The zero-order valence-corrected chi connectivity index (χ0v) is 20.6. The molecule has 1 fully saturated rings. The molecule has 188 valence electrons. The second-order valence-corrected chi connectivity index (χ2v) is 9.49. The molecule has 1 aliphatic heterocycles. The van der Waals surface area contributed by atoms with E-state index in [0.29, 0.717) is 23.4 Å². The van der Waals surface area contributed by atoms with Crippen LogP contribution >= 0.6 is 11.3 Å². The zero-order valence-electron chi connectivity index (χ0n) is 19.7. The number of halogens is 3. The highest BCUT2D eigenvalue weighted by atomic mass is 32.1. The molecule has 0 bridgehead atoms. The fourth-order valence-corrected chi connectivity index (χ4v) is 5.29. The largest absolute Gasteiger partial charge is 0.494 e. The van der Waals surface area contributed by atoms with Gasteiger partial charge in [-0.2, -0.15) is 13.2 Å². The summed E-state index contributed by atoms with van der Waals surface area (Å²) >= 11 is 1.37. The number of hydrogen-bond donors (Lipinski definition) is 1. The second-order valence-electron chi connectivity index (χ2n) is 8.58. The van der Waals surface area contributed by atoms with Gasteiger partial charge >= 0.3 is 6.18 Å². The maximum atomic E-state index is 13.0. The van der Waals surface area contributed by atoms with Crippen LogP contribution in [-0.4, -0.2) is 56.7 Å². The van der Waals surface area contributed by atoms with Crippen LogP contribution in [0.15, 0.2) is 47.8 Å². The molecule has 5 nitrogen and oxygen atoms in total. The summed E-state index contributed by atoms with van der Waals surface area (Å²) in [6.45, 7) is 7.64. The Balaban J connectivity index is 1.17. The topological polar surface area (TPSA) is 44.8 Å². The van der Waals surface area contributed by atoms with E-state index in [1.54, 1.807) is 30.3 Å². The van der Waals surface area contributed by atoms with Gasteiger partial charge in [0.05, 0.1) is 17.9 Å². The molecule has 0 atom stereocenters. The Labute approximate surface area is 207 Å². The molecule has 1 saturated heterocycles.